The monoisotopic (exact) mass is 375 g/mol. The number of nitrogens with one attached hydrogen (secondary N) is 1. The molecule has 1 N–H and O–H groups in total. The van der Waals surface area contributed by atoms with Crippen LogP contribution in [0.5, 0.6) is 0 Å². The molecule has 7 nitrogen and oxygen atoms in total. The molecule has 0 unspecified atom stereocenters. The molecule has 142 valence electrons. The maximum Gasteiger partial charge on any atom is 0.251 e. The van der Waals surface area contributed by atoms with E-state index in [1.54, 1.807) is 28.0 Å². The smallest absolute Gasteiger partial charge is 0.251 e. The molecule has 0 radical (unpaired) electrons. The Morgan fingerprint density at radius 1 is 1.14 bits per heavy atom. The molecule has 1 aliphatic rings. The number of anilines is 1. The van der Waals surface area contributed by atoms with Crippen LogP contribution in [0.25, 0.3) is 5.69 Å². The SMILES string of the molecule is C[C@H](NC(=O)c1cccc(N2CCCC2=O)c1)c1ccc(-n2cncn2)cc1. The van der Waals surface area contributed by atoms with Gasteiger partial charge in [0.05, 0.1) is 11.7 Å². The molecule has 0 bridgehead atoms. The average Bonchev–Trinajstić information content (AvgIpc) is 3.40. The number of hydrogen-bond donors (Lipinski definition) is 1. The fraction of sp³-hybridized carbons (Fsp3) is 0.238. The van der Waals surface area contributed by atoms with E-state index in [9.17, 15) is 9.59 Å². The molecule has 1 aromatic heterocycles. The third kappa shape index (κ3) is 3.64. The summed E-state index contributed by atoms with van der Waals surface area (Å²) in [6, 6.07) is 14.9. The Kier molecular flexibility index (Phi) is 4.89. The van der Waals surface area contributed by atoms with Crippen molar-refractivity contribution in [3.05, 3.63) is 72.3 Å². The van der Waals surface area contributed by atoms with Crippen molar-refractivity contribution < 1.29 is 9.59 Å². The lowest BCUT2D eigenvalue weighted by atomic mass is 10.1. The fourth-order valence-corrected chi connectivity index (χ4v) is 3.36. The zero-order valence-electron chi connectivity index (χ0n) is 15.6. The maximum atomic E-state index is 12.7. The van der Waals surface area contributed by atoms with Gasteiger partial charge in [-0.2, -0.15) is 5.10 Å². The summed E-state index contributed by atoms with van der Waals surface area (Å²) in [7, 11) is 0. The molecule has 0 aliphatic carbocycles. The highest BCUT2D eigenvalue weighted by atomic mass is 16.2. The van der Waals surface area contributed by atoms with Crippen molar-refractivity contribution >= 4 is 17.5 Å². The normalized spacial score (nSPS) is 14.9. The minimum absolute atomic E-state index is 0.110. The molecule has 2 aromatic carbocycles. The topological polar surface area (TPSA) is 80.1 Å². The van der Waals surface area contributed by atoms with Crippen LogP contribution in [0.3, 0.4) is 0 Å². The van der Waals surface area contributed by atoms with Gasteiger partial charge in [0.1, 0.15) is 12.7 Å². The molecule has 4 rings (SSSR count). The molecule has 0 spiro atoms. The standard InChI is InChI=1S/C21H21N5O2/c1-15(16-7-9-18(10-8-16)26-14-22-13-23-26)24-21(28)17-4-2-5-19(12-17)25-11-3-6-20(25)27/h2,4-5,7-10,12-15H,3,6,11H2,1H3,(H,24,28)/t15-/m0/s1. The number of nitrogens with zero attached hydrogens (tertiary/aromatic N) is 4. The van der Waals surface area contributed by atoms with Crippen molar-refractivity contribution in [1.29, 1.82) is 0 Å². The predicted molar refractivity (Wildman–Crippen MR) is 105 cm³/mol. The van der Waals surface area contributed by atoms with Crippen LogP contribution in [-0.4, -0.2) is 33.1 Å². The van der Waals surface area contributed by atoms with Crippen LogP contribution in [0.1, 0.15) is 41.7 Å². The third-order valence-electron chi connectivity index (χ3n) is 4.92. The Labute approximate surface area is 163 Å². The van der Waals surface area contributed by atoms with Gasteiger partial charge < -0.3 is 10.2 Å². The molecule has 28 heavy (non-hydrogen) atoms. The van der Waals surface area contributed by atoms with E-state index in [1.807, 2.05) is 43.3 Å². The van der Waals surface area contributed by atoms with Crippen LogP contribution < -0.4 is 10.2 Å². The first kappa shape index (κ1) is 17.9. The van der Waals surface area contributed by atoms with Gasteiger partial charge in [0, 0.05) is 24.2 Å². The van der Waals surface area contributed by atoms with Gasteiger partial charge in [0.15, 0.2) is 0 Å². The Bertz CT molecular complexity index is 982. The quantitative estimate of drug-likeness (QED) is 0.744. The predicted octanol–water partition coefficient (Wildman–Crippen LogP) is 2.89. The highest BCUT2D eigenvalue weighted by Gasteiger charge is 2.22. The molecule has 1 fully saturated rings. The van der Waals surface area contributed by atoms with Crippen LogP contribution in [0.4, 0.5) is 5.69 Å². The van der Waals surface area contributed by atoms with Crippen LogP contribution in [0.15, 0.2) is 61.2 Å². The molecule has 1 aliphatic heterocycles. The zero-order chi connectivity index (χ0) is 19.5. The van der Waals surface area contributed by atoms with Gasteiger partial charge in [-0.15, -0.1) is 0 Å². The maximum absolute atomic E-state index is 12.7. The molecule has 0 saturated carbocycles. The summed E-state index contributed by atoms with van der Waals surface area (Å²) >= 11 is 0. The average molecular weight is 375 g/mol. The molecule has 2 heterocycles. The second kappa shape index (κ2) is 7.64. The minimum Gasteiger partial charge on any atom is -0.346 e. The van der Waals surface area contributed by atoms with Crippen LogP contribution in [0.2, 0.25) is 0 Å². The van der Waals surface area contributed by atoms with Gasteiger partial charge in [-0.05, 0) is 49.2 Å². The first-order valence-electron chi connectivity index (χ1n) is 9.28. The van der Waals surface area contributed by atoms with Crippen LogP contribution >= 0.6 is 0 Å². The lowest BCUT2D eigenvalue weighted by Crippen LogP contribution is -2.28. The van der Waals surface area contributed by atoms with Crippen molar-refractivity contribution in [2.75, 3.05) is 11.4 Å². The molecule has 1 atom stereocenters. The molecule has 2 amide bonds. The summed E-state index contributed by atoms with van der Waals surface area (Å²) in [6.07, 6.45) is 4.55. The summed E-state index contributed by atoms with van der Waals surface area (Å²) < 4.78 is 1.68. The Morgan fingerprint density at radius 2 is 1.96 bits per heavy atom. The molecular weight excluding hydrogens is 354 g/mol. The zero-order valence-corrected chi connectivity index (χ0v) is 15.6. The van der Waals surface area contributed by atoms with E-state index in [0.717, 1.165) is 23.4 Å². The largest absolute Gasteiger partial charge is 0.346 e. The summed E-state index contributed by atoms with van der Waals surface area (Å²) in [5, 5.41) is 7.12. The molecule has 3 aromatic rings. The van der Waals surface area contributed by atoms with E-state index < -0.39 is 0 Å². The van der Waals surface area contributed by atoms with E-state index in [1.165, 1.54) is 6.33 Å². The fourth-order valence-electron chi connectivity index (χ4n) is 3.36. The lowest BCUT2D eigenvalue weighted by Gasteiger charge is -2.18. The van der Waals surface area contributed by atoms with Crippen LogP contribution in [-0.2, 0) is 4.79 Å². The Balaban J connectivity index is 1.45. The number of amides is 2. The van der Waals surface area contributed by atoms with E-state index >= 15 is 0 Å². The number of benzene rings is 2. The number of hydrogen-bond acceptors (Lipinski definition) is 4. The van der Waals surface area contributed by atoms with Gasteiger partial charge in [-0.1, -0.05) is 18.2 Å². The number of carbonyl (C=O) groups excluding carboxylic acids is 2. The van der Waals surface area contributed by atoms with Gasteiger partial charge in [0.25, 0.3) is 5.91 Å². The second-order valence-electron chi connectivity index (χ2n) is 6.83. The van der Waals surface area contributed by atoms with E-state index in [2.05, 4.69) is 15.4 Å². The molecular formula is C21H21N5O2. The third-order valence-corrected chi connectivity index (χ3v) is 4.92. The Morgan fingerprint density at radius 3 is 2.64 bits per heavy atom. The molecule has 7 heteroatoms. The first-order chi connectivity index (χ1) is 13.6. The van der Waals surface area contributed by atoms with Crippen molar-refractivity contribution in [1.82, 2.24) is 20.1 Å². The number of aromatic nitrogens is 3. The lowest BCUT2D eigenvalue weighted by molar-refractivity contribution is -0.117. The van der Waals surface area contributed by atoms with Crippen molar-refractivity contribution in [2.45, 2.75) is 25.8 Å². The molecule has 1 saturated heterocycles. The second-order valence-corrected chi connectivity index (χ2v) is 6.83. The van der Waals surface area contributed by atoms with E-state index in [0.29, 0.717) is 18.5 Å². The minimum atomic E-state index is -0.165. The van der Waals surface area contributed by atoms with Gasteiger partial charge in [0.2, 0.25) is 5.91 Å². The van der Waals surface area contributed by atoms with E-state index in [-0.39, 0.29) is 17.9 Å². The van der Waals surface area contributed by atoms with Gasteiger partial charge in [-0.25, -0.2) is 9.67 Å². The van der Waals surface area contributed by atoms with Gasteiger partial charge in [-0.3, -0.25) is 9.59 Å². The summed E-state index contributed by atoms with van der Waals surface area (Å²) in [4.78, 5) is 30.3. The summed E-state index contributed by atoms with van der Waals surface area (Å²) in [5.74, 6) is -0.0558. The van der Waals surface area contributed by atoms with Crippen LogP contribution in [0, 0.1) is 0 Å². The van der Waals surface area contributed by atoms with Crippen molar-refractivity contribution in [2.24, 2.45) is 0 Å². The first-order valence-corrected chi connectivity index (χ1v) is 9.28. The number of rotatable bonds is 5. The van der Waals surface area contributed by atoms with Gasteiger partial charge >= 0.3 is 0 Å². The van der Waals surface area contributed by atoms with E-state index in [4.69, 9.17) is 0 Å². The summed E-state index contributed by atoms with van der Waals surface area (Å²) in [5.41, 5.74) is 3.22. The van der Waals surface area contributed by atoms with Crippen molar-refractivity contribution in [3.8, 4) is 5.69 Å². The highest BCUT2D eigenvalue weighted by molar-refractivity contribution is 5.99. The van der Waals surface area contributed by atoms with Crippen molar-refractivity contribution in [3.63, 3.8) is 0 Å². The summed E-state index contributed by atoms with van der Waals surface area (Å²) in [6.45, 7) is 2.65. The Hall–Kier alpha value is -3.48. The number of carbonyl (C=O) groups is 2. The highest BCUT2D eigenvalue weighted by Crippen LogP contribution is 2.23.